The lowest BCUT2D eigenvalue weighted by molar-refractivity contribution is 0.0657. The average molecular weight is 156 g/mol. The number of carboxylic acid groups (broad SMARTS) is 1. The van der Waals surface area contributed by atoms with Crippen LogP contribution >= 0.6 is 0 Å². The molecule has 0 aromatic rings. The first kappa shape index (κ1) is 6.91. The number of rotatable bonds is 1. The van der Waals surface area contributed by atoms with E-state index in [9.17, 15) is 4.79 Å². The Morgan fingerprint density at radius 2 is 2.09 bits per heavy atom. The molecule has 4 heteroatoms. The molecule has 11 heavy (non-hydrogen) atoms. The zero-order valence-electron chi connectivity index (χ0n) is 6.21. The van der Waals surface area contributed by atoms with Crippen molar-refractivity contribution in [3.8, 4) is 0 Å². The molecule has 2 bridgehead atoms. The molecule has 1 aliphatic carbocycles. The van der Waals surface area contributed by atoms with Crippen molar-refractivity contribution < 1.29 is 9.90 Å². The Bertz CT molecular complexity index is 169. The molecular weight excluding hydrogens is 144 g/mol. The molecule has 2 aliphatic heterocycles. The van der Waals surface area contributed by atoms with E-state index < -0.39 is 6.09 Å². The summed E-state index contributed by atoms with van der Waals surface area (Å²) >= 11 is 0. The van der Waals surface area contributed by atoms with Gasteiger partial charge in [-0.1, -0.05) is 0 Å². The van der Waals surface area contributed by atoms with Crippen LogP contribution in [0.3, 0.4) is 0 Å². The third-order valence-electron chi connectivity index (χ3n) is 2.72. The van der Waals surface area contributed by atoms with E-state index in [1.165, 1.54) is 6.42 Å². The van der Waals surface area contributed by atoms with Gasteiger partial charge in [0.25, 0.3) is 0 Å². The fourth-order valence-corrected chi connectivity index (χ4v) is 2.12. The number of nitrogens with one attached hydrogen (secondary N) is 2. The summed E-state index contributed by atoms with van der Waals surface area (Å²) in [7, 11) is 0. The monoisotopic (exact) mass is 156 g/mol. The smallest absolute Gasteiger partial charge is 0.404 e. The molecule has 62 valence electrons. The van der Waals surface area contributed by atoms with Crippen molar-refractivity contribution in [2.75, 3.05) is 13.1 Å². The number of carbonyl (C=O) groups is 1. The number of piperidine rings is 2. The number of hydrogen-bond acceptors (Lipinski definition) is 2. The molecule has 3 fully saturated rings. The van der Waals surface area contributed by atoms with E-state index >= 15 is 0 Å². The third kappa shape index (κ3) is 1.07. The normalized spacial score (nSPS) is 40.9. The second kappa shape index (κ2) is 2.37. The van der Waals surface area contributed by atoms with Gasteiger partial charge < -0.3 is 15.7 Å². The fourth-order valence-electron chi connectivity index (χ4n) is 2.12. The zero-order chi connectivity index (χ0) is 7.84. The van der Waals surface area contributed by atoms with Gasteiger partial charge in [-0.15, -0.1) is 0 Å². The van der Waals surface area contributed by atoms with Crippen molar-refractivity contribution in [2.24, 2.45) is 11.8 Å². The van der Waals surface area contributed by atoms with E-state index in [0.29, 0.717) is 11.8 Å². The predicted molar refractivity (Wildman–Crippen MR) is 39.4 cm³/mol. The van der Waals surface area contributed by atoms with Crippen LogP contribution in [0.25, 0.3) is 0 Å². The summed E-state index contributed by atoms with van der Waals surface area (Å²) in [4.78, 5) is 10.3. The van der Waals surface area contributed by atoms with Crippen LogP contribution in [0.15, 0.2) is 0 Å². The SMILES string of the molecule is O=C(O)NC1C2CNCC1C2. The standard InChI is InChI=1S/C7H12N2O2/c10-7(11)9-6-4-1-5(6)3-8-2-4/h4-6,8-9H,1-3H2,(H,10,11). The van der Waals surface area contributed by atoms with Gasteiger partial charge in [0.05, 0.1) is 0 Å². The van der Waals surface area contributed by atoms with Gasteiger partial charge in [0.1, 0.15) is 0 Å². The van der Waals surface area contributed by atoms with Crippen molar-refractivity contribution in [2.45, 2.75) is 12.5 Å². The molecule has 4 nitrogen and oxygen atoms in total. The van der Waals surface area contributed by atoms with E-state index in [1.54, 1.807) is 0 Å². The lowest BCUT2D eigenvalue weighted by atomic mass is 9.67. The fraction of sp³-hybridized carbons (Fsp3) is 0.857. The maximum Gasteiger partial charge on any atom is 0.404 e. The summed E-state index contributed by atoms with van der Waals surface area (Å²) in [5.74, 6) is 1.09. The van der Waals surface area contributed by atoms with E-state index in [1.807, 2.05) is 0 Å². The molecular formula is C7H12N2O2. The first-order valence-electron chi connectivity index (χ1n) is 3.97. The van der Waals surface area contributed by atoms with Crippen LogP contribution in [-0.4, -0.2) is 30.3 Å². The van der Waals surface area contributed by atoms with Gasteiger partial charge in [-0.05, 0) is 31.3 Å². The predicted octanol–water partition coefficient (Wildman–Crippen LogP) is -0.138. The summed E-state index contributed by atoms with van der Waals surface area (Å²) in [5, 5.41) is 14.3. The van der Waals surface area contributed by atoms with Crippen molar-refractivity contribution in [3.63, 3.8) is 0 Å². The van der Waals surface area contributed by atoms with E-state index in [0.717, 1.165) is 13.1 Å². The largest absolute Gasteiger partial charge is 0.465 e. The molecule has 0 radical (unpaired) electrons. The van der Waals surface area contributed by atoms with Crippen LogP contribution < -0.4 is 10.6 Å². The Morgan fingerprint density at radius 1 is 1.45 bits per heavy atom. The van der Waals surface area contributed by atoms with Gasteiger partial charge in [-0.2, -0.15) is 0 Å². The molecule has 0 spiro atoms. The van der Waals surface area contributed by atoms with Crippen molar-refractivity contribution in [1.82, 2.24) is 10.6 Å². The molecule has 2 unspecified atom stereocenters. The highest BCUT2D eigenvalue weighted by Crippen LogP contribution is 2.36. The summed E-state index contributed by atoms with van der Waals surface area (Å²) in [6, 6.07) is 0.230. The van der Waals surface area contributed by atoms with Crippen LogP contribution in [0.4, 0.5) is 4.79 Å². The summed E-state index contributed by atoms with van der Waals surface area (Å²) in [5.41, 5.74) is 0. The second-order valence-corrected chi connectivity index (χ2v) is 3.39. The molecule has 2 heterocycles. The minimum absolute atomic E-state index is 0.230. The second-order valence-electron chi connectivity index (χ2n) is 3.39. The van der Waals surface area contributed by atoms with Crippen LogP contribution in [0.2, 0.25) is 0 Å². The zero-order valence-corrected chi connectivity index (χ0v) is 6.21. The first-order valence-corrected chi connectivity index (χ1v) is 3.97. The van der Waals surface area contributed by atoms with Crippen LogP contribution in [0.1, 0.15) is 6.42 Å². The van der Waals surface area contributed by atoms with Crippen LogP contribution in [0.5, 0.6) is 0 Å². The molecule has 0 aromatic heterocycles. The molecule has 0 aromatic carbocycles. The molecule has 1 amide bonds. The van der Waals surface area contributed by atoms with Gasteiger partial charge in [0.15, 0.2) is 0 Å². The Morgan fingerprint density at radius 3 is 2.55 bits per heavy atom. The van der Waals surface area contributed by atoms with Gasteiger partial charge in [-0.3, -0.25) is 0 Å². The quantitative estimate of drug-likeness (QED) is 0.495. The Hall–Kier alpha value is -0.770. The minimum atomic E-state index is -0.883. The summed E-state index contributed by atoms with van der Waals surface area (Å²) < 4.78 is 0. The lowest BCUT2D eigenvalue weighted by Gasteiger charge is -2.49. The van der Waals surface area contributed by atoms with E-state index in [-0.39, 0.29) is 6.04 Å². The highest BCUT2D eigenvalue weighted by atomic mass is 16.4. The Kier molecular flexibility index (Phi) is 1.49. The summed E-state index contributed by atoms with van der Waals surface area (Å²) in [6.07, 6.45) is 0.310. The molecule has 2 saturated heterocycles. The molecule has 3 aliphatic rings. The Balaban J connectivity index is 1.91. The maximum absolute atomic E-state index is 10.3. The lowest BCUT2D eigenvalue weighted by Crippen LogP contribution is -2.63. The average Bonchev–Trinajstić information content (AvgIpc) is 2.01. The van der Waals surface area contributed by atoms with Gasteiger partial charge in [0.2, 0.25) is 0 Å². The Labute approximate surface area is 65.0 Å². The van der Waals surface area contributed by atoms with Crippen molar-refractivity contribution in [3.05, 3.63) is 0 Å². The topological polar surface area (TPSA) is 61.4 Å². The highest BCUT2D eigenvalue weighted by molar-refractivity contribution is 5.65. The minimum Gasteiger partial charge on any atom is -0.465 e. The maximum atomic E-state index is 10.3. The molecule has 3 N–H and O–H groups in total. The van der Waals surface area contributed by atoms with Gasteiger partial charge in [0, 0.05) is 6.04 Å². The van der Waals surface area contributed by atoms with Crippen LogP contribution in [0, 0.1) is 11.8 Å². The number of amides is 1. The van der Waals surface area contributed by atoms with E-state index in [4.69, 9.17) is 5.11 Å². The van der Waals surface area contributed by atoms with Crippen molar-refractivity contribution in [1.29, 1.82) is 0 Å². The van der Waals surface area contributed by atoms with E-state index in [2.05, 4.69) is 10.6 Å². The van der Waals surface area contributed by atoms with Crippen molar-refractivity contribution >= 4 is 6.09 Å². The third-order valence-corrected chi connectivity index (χ3v) is 2.72. The highest BCUT2D eigenvalue weighted by Gasteiger charge is 2.44. The van der Waals surface area contributed by atoms with Gasteiger partial charge in [-0.25, -0.2) is 4.79 Å². The summed E-state index contributed by atoms with van der Waals surface area (Å²) in [6.45, 7) is 1.95. The molecule has 3 rings (SSSR count). The first-order chi connectivity index (χ1) is 5.27. The van der Waals surface area contributed by atoms with Crippen LogP contribution in [-0.2, 0) is 0 Å². The number of hydrogen-bond donors (Lipinski definition) is 3. The molecule has 2 atom stereocenters. The molecule has 1 saturated carbocycles. The van der Waals surface area contributed by atoms with Gasteiger partial charge >= 0.3 is 6.09 Å². The number of fused-ring (bicyclic) bond motifs is 2.